The molecule has 3 rings (SSSR count). The van der Waals surface area contributed by atoms with E-state index in [1.165, 1.54) is 0 Å². The van der Waals surface area contributed by atoms with E-state index in [0.717, 1.165) is 21.9 Å². The standard InChI is InChI=1S/C26H31N5O5/c1-26(2,3)36-23(32)17-27-24(33)19-7-5-18(6-8-19)20-15-28-25(29-16-20)30-21-9-11-22(12-10-21)35-14-13-31(4)34/h5-12,15-16,34H,13-14,17H2,1-4H3,(H,27,33)(H,28,29,30). The van der Waals surface area contributed by atoms with E-state index in [0.29, 0.717) is 30.4 Å². The number of rotatable bonds is 10. The molecular formula is C26H31N5O5. The van der Waals surface area contributed by atoms with Gasteiger partial charge in [-0.05, 0) is 62.7 Å². The van der Waals surface area contributed by atoms with E-state index in [1.54, 1.807) is 64.5 Å². The van der Waals surface area contributed by atoms with Gasteiger partial charge in [0, 0.05) is 36.3 Å². The molecule has 3 N–H and O–H groups in total. The molecule has 190 valence electrons. The molecule has 0 radical (unpaired) electrons. The predicted octanol–water partition coefficient (Wildman–Crippen LogP) is 3.66. The fourth-order valence-electron chi connectivity index (χ4n) is 3.05. The molecule has 1 heterocycles. The summed E-state index contributed by atoms with van der Waals surface area (Å²) in [5.74, 6) is 0.280. The summed E-state index contributed by atoms with van der Waals surface area (Å²) >= 11 is 0. The highest BCUT2D eigenvalue weighted by Crippen LogP contribution is 2.21. The van der Waals surface area contributed by atoms with Crippen molar-refractivity contribution >= 4 is 23.5 Å². The number of hydroxylamine groups is 2. The maximum atomic E-state index is 12.3. The molecule has 0 bridgehead atoms. The summed E-state index contributed by atoms with van der Waals surface area (Å²) in [5.41, 5.74) is 2.27. The van der Waals surface area contributed by atoms with Crippen molar-refractivity contribution in [2.75, 3.05) is 32.1 Å². The van der Waals surface area contributed by atoms with Crippen LogP contribution in [0.4, 0.5) is 11.6 Å². The zero-order chi connectivity index (χ0) is 26.1. The lowest BCUT2D eigenvalue weighted by Gasteiger charge is -2.19. The van der Waals surface area contributed by atoms with Crippen molar-refractivity contribution in [2.45, 2.75) is 26.4 Å². The number of benzene rings is 2. The highest BCUT2D eigenvalue weighted by Gasteiger charge is 2.17. The molecule has 0 atom stereocenters. The number of hydrogen-bond acceptors (Lipinski definition) is 9. The number of ether oxygens (including phenoxy) is 2. The quantitative estimate of drug-likeness (QED) is 0.286. The van der Waals surface area contributed by atoms with Gasteiger partial charge in [-0.3, -0.25) is 9.59 Å². The minimum absolute atomic E-state index is 0.197. The van der Waals surface area contributed by atoms with Gasteiger partial charge < -0.3 is 25.3 Å². The molecule has 0 saturated heterocycles. The number of aromatic nitrogens is 2. The highest BCUT2D eigenvalue weighted by atomic mass is 16.6. The second-order valence-electron chi connectivity index (χ2n) is 9.02. The van der Waals surface area contributed by atoms with Crippen LogP contribution in [0.25, 0.3) is 11.1 Å². The van der Waals surface area contributed by atoms with E-state index in [1.807, 2.05) is 24.3 Å². The maximum Gasteiger partial charge on any atom is 0.325 e. The number of nitrogens with zero attached hydrogens (tertiary/aromatic N) is 3. The largest absolute Gasteiger partial charge is 0.492 e. The molecule has 2 aromatic carbocycles. The average molecular weight is 494 g/mol. The summed E-state index contributed by atoms with van der Waals surface area (Å²) in [4.78, 5) is 32.8. The van der Waals surface area contributed by atoms with Gasteiger partial charge >= 0.3 is 5.97 Å². The summed E-state index contributed by atoms with van der Waals surface area (Å²) in [6.07, 6.45) is 3.38. The summed E-state index contributed by atoms with van der Waals surface area (Å²) in [6, 6.07) is 14.3. The normalized spacial score (nSPS) is 11.2. The number of hydrogen-bond donors (Lipinski definition) is 3. The van der Waals surface area contributed by atoms with Gasteiger partial charge in [0.05, 0.1) is 6.54 Å². The number of nitrogens with one attached hydrogen (secondary N) is 2. The van der Waals surface area contributed by atoms with Gasteiger partial charge in [-0.15, -0.1) is 0 Å². The molecule has 10 nitrogen and oxygen atoms in total. The van der Waals surface area contributed by atoms with Crippen LogP contribution in [0, 0.1) is 0 Å². The summed E-state index contributed by atoms with van der Waals surface area (Å²) in [5, 5.41) is 15.9. The van der Waals surface area contributed by atoms with E-state index in [9.17, 15) is 9.59 Å². The first-order chi connectivity index (χ1) is 17.1. The number of carbonyl (C=O) groups is 2. The Hall–Kier alpha value is -4.02. The summed E-state index contributed by atoms with van der Waals surface area (Å²) < 4.78 is 10.7. The Morgan fingerprint density at radius 2 is 1.61 bits per heavy atom. The number of amides is 1. The van der Waals surface area contributed by atoms with Gasteiger partial charge in [0.2, 0.25) is 5.95 Å². The van der Waals surface area contributed by atoms with Crippen LogP contribution in [0.3, 0.4) is 0 Å². The van der Waals surface area contributed by atoms with E-state index >= 15 is 0 Å². The van der Waals surface area contributed by atoms with Crippen molar-refractivity contribution in [1.82, 2.24) is 20.3 Å². The molecule has 0 aliphatic heterocycles. The topological polar surface area (TPSA) is 126 Å². The lowest BCUT2D eigenvalue weighted by Crippen LogP contribution is -2.34. The second kappa shape index (κ2) is 12.1. The molecule has 36 heavy (non-hydrogen) atoms. The Morgan fingerprint density at radius 3 is 2.19 bits per heavy atom. The zero-order valence-corrected chi connectivity index (χ0v) is 20.8. The van der Waals surface area contributed by atoms with E-state index in [4.69, 9.17) is 14.7 Å². The molecule has 10 heteroatoms. The summed E-state index contributed by atoms with van der Waals surface area (Å²) in [6.45, 7) is 5.90. The number of likely N-dealkylation sites (N-methyl/N-ethyl adjacent to an activating group) is 1. The fraction of sp³-hybridized carbons (Fsp3) is 0.308. The first-order valence-corrected chi connectivity index (χ1v) is 11.4. The lowest BCUT2D eigenvalue weighted by atomic mass is 10.1. The molecule has 1 amide bonds. The fourth-order valence-corrected chi connectivity index (χ4v) is 3.05. The van der Waals surface area contributed by atoms with Crippen molar-refractivity contribution in [1.29, 1.82) is 0 Å². The Morgan fingerprint density at radius 1 is 0.972 bits per heavy atom. The molecule has 0 spiro atoms. The first-order valence-electron chi connectivity index (χ1n) is 11.4. The second-order valence-corrected chi connectivity index (χ2v) is 9.02. The van der Waals surface area contributed by atoms with Crippen LogP contribution < -0.4 is 15.4 Å². The third-order valence-electron chi connectivity index (χ3n) is 4.74. The van der Waals surface area contributed by atoms with Crippen molar-refractivity contribution < 1.29 is 24.3 Å². The van der Waals surface area contributed by atoms with Crippen molar-refractivity contribution in [3.63, 3.8) is 0 Å². The molecule has 0 aliphatic carbocycles. The average Bonchev–Trinajstić information content (AvgIpc) is 2.83. The Labute approximate surface area is 210 Å². The van der Waals surface area contributed by atoms with Crippen LogP contribution in [0.1, 0.15) is 31.1 Å². The van der Waals surface area contributed by atoms with Crippen LogP contribution in [0.2, 0.25) is 0 Å². The van der Waals surface area contributed by atoms with Crippen LogP contribution in [-0.2, 0) is 9.53 Å². The van der Waals surface area contributed by atoms with Crippen molar-refractivity contribution in [2.24, 2.45) is 0 Å². The molecule has 1 aromatic heterocycles. The van der Waals surface area contributed by atoms with Crippen LogP contribution in [0.5, 0.6) is 5.75 Å². The van der Waals surface area contributed by atoms with Crippen LogP contribution in [0.15, 0.2) is 60.9 Å². The molecule has 0 saturated carbocycles. The summed E-state index contributed by atoms with van der Waals surface area (Å²) in [7, 11) is 1.56. The van der Waals surface area contributed by atoms with Gasteiger partial charge in [0.25, 0.3) is 5.91 Å². The van der Waals surface area contributed by atoms with Gasteiger partial charge in [-0.2, -0.15) is 5.06 Å². The number of carbonyl (C=O) groups excluding carboxylic acids is 2. The molecular weight excluding hydrogens is 462 g/mol. The Bertz CT molecular complexity index is 1140. The maximum absolute atomic E-state index is 12.3. The van der Waals surface area contributed by atoms with E-state index in [-0.39, 0.29) is 12.5 Å². The number of anilines is 2. The predicted molar refractivity (Wildman–Crippen MR) is 135 cm³/mol. The number of esters is 1. The van der Waals surface area contributed by atoms with Gasteiger partial charge in [0.1, 0.15) is 24.5 Å². The third kappa shape index (κ3) is 8.64. The molecule has 3 aromatic rings. The Balaban J connectivity index is 1.52. The minimum Gasteiger partial charge on any atom is -0.492 e. The minimum atomic E-state index is -0.602. The van der Waals surface area contributed by atoms with Crippen molar-refractivity contribution in [3.05, 3.63) is 66.5 Å². The van der Waals surface area contributed by atoms with E-state index in [2.05, 4.69) is 20.6 Å². The zero-order valence-electron chi connectivity index (χ0n) is 20.8. The first kappa shape index (κ1) is 26.6. The molecule has 0 fully saturated rings. The smallest absolute Gasteiger partial charge is 0.325 e. The molecule has 0 aliphatic rings. The van der Waals surface area contributed by atoms with Gasteiger partial charge in [0.15, 0.2) is 0 Å². The van der Waals surface area contributed by atoms with E-state index < -0.39 is 11.6 Å². The third-order valence-corrected chi connectivity index (χ3v) is 4.74. The van der Waals surface area contributed by atoms with Crippen molar-refractivity contribution in [3.8, 4) is 16.9 Å². The molecule has 0 unspecified atom stereocenters. The van der Waals surface area contributed by atoms with Gasteiger partial charge in [-0.25, -0.2) is 9.97 Å². The highest BCUT2D eigenvalue weighted by molar-refractivity contribution is 5.96. The van der Waals surface area contributed by atoms with Gasteiger partial charge in [-0.1, -0.05) is 12.1 Å². The van der Waals surface area contributed by atoms with Crippen LogP contribution >= 0.6 is 0 Å². The SMILES string of the molecule is CN(O)CCOc1ccc(Nc2ncc(-c3ccc(C(=O)NCC(=O)OC(C)(C)C)cc3)cn2)cc1. The lowest BCUT2D eigenvalue weighted by molar-refractivity contribution is -0.153. The monoisotopic (exact) mass is 493 g/mol. The van der Waals surface area contributed by atoms with Crippen LogP contribution in [-0.4, -0.2) is 64.5 Å². The Kier molecular flexibility index (Phi) is 8.93.